The summed E-state index contributed by atoms with van der Waals surface area (Å²) in [5.41, 5.74) is 1.38. The lowest BCUT2D eigenvalue weighted by Gasteiger charge is -2.26. The lowest BCUT2D eigenvalue weighted by Crippen LogP contribution is -2.26. The fraction of sp³-hybridized carbons (Fsp3) is 0.500. The summed E-state index contributed by atoms with van der Waals surface area (Å²) >= 11 is 3.50. The number of hydrogen-bond donors (Lipinski definition) is 0. The van der Waals surface area contributed by atoms with Gasteiger partial charge in [-0.1, -0.05) is 41.9 Å². The van der Waals surface area contributed by atoms with Gasteiger partial charge in [0.25, 0.3) is 0 Å². The first-order chi connectivity index (χ1) is 6.69. The Labute approximate surface area is 95.2 Å². The zero-order chi connectivity index (χ0) is 10.6. The number of hydrogen-bond acceptors (Lipinski definition) is 1. The topological polar surface area (TPSA) is 3.24 Å². The first-order valence-corrected chi connectivity index (χ1v) is 5.97. The van der Waals surface area contributed by atoms with Gasteiger partial charge in [-0.25, -0.2) is 0 Å². The molecule has 1 atom stereocenters. The molecule has 0 aliphatic heterocycles. The molecule has 0 aliphatic carbocycles. The van der Waals surface area contributed by atoms with E-state index in [9.17, 15) is 0 Å². The van der Waals surface area contributed by atoms with E-state index in [1.54, 1.807) is 0 Å². The molecule has 14 heavy (non-hydrogen) atoms. The Morgan fingerprint density at radius 3 is 2.43 bits per heavy atom. The summed E-state index contributed by atoms with van der Waals surface area (Å²) in [4.78, 5) is 2.45. The molecule has 1 nitrogen and oxygen atoms in total. The average molecular weight is 256 g/mol. The van der Waals surface area contributed by atoms with Gasteiger partial charge in [0.05, 0.1) is 0 Å². The van der Waals surface area contributed by atoms with Gasteiger partial charge < -0.3 is 0 Å². The molecule has 2 heteroatoms. The van der Waals surface area contributed by atoms with Gasteiger partial charge in [0.15, 0.2) is 0 Å². The summed E-state index contributed by atoms with van der Waals surface area (Å²) < 4.78 is 1.16. The maximum absolute atomic E-state index is 3.50. The van der Waals surface area contributed by atoms with E-state index in [0.29, 0.717) is 6.04 Å². The average Bonchev–Trinajstić information content (AvgIpc) is 2.19. The minimum atomic E-state index is 0.502. The Hall–Kier alpha value is -0.340. The fourth-order valence-electron chi connectivity index (χ4n) is 1.75. The second-order valence-corrected chi connectivity index (χ2v) is 4.37. The molecular weight excluding hydrogens is 238 g/mol. The van der Waals surface area contributed by atoms with Crippen LogP contribution in [0.5, 0.6) is 0 Å². The third-order valence-corrected chi connectivity index (χ3v) is 3.18. The van der Waals surface area contributed by atoms with E-state index >= 15 is 0 Å². The molecular formula is C12H18BrN. The van der Waals surface area contributed by atoms with Crippen molar-refractivity contribution >= 4 is 15.9 Å². The van der Waals surface area contributed by atoms with Gasteiger partial charge in [-0.2, -0.15) is 0 Å². The summed E-state index contributed by atoms with van der Waals surface area (Å²) in [6.07, 6.45) is 0. The summed E-state index contributed by atoms with van der Waals surface area (Å²) in [6.45, 7) is 8.87. The smallest absolute Gasteiger partial charge is 0.0320 e. The van der Waals surface area contributed by atoms with E-state index < -0.39 is 0 Å². The van der Waals surface area contributed by atoms with Crippen molar-refractivity contribution in [1.29, 1.82) is 0 Å². The van der Waals surface area contributed by atoms with Crippen LogP contribution in [0, 0.1) is 0 Å². The Balaban J connectivity index is 2.82. The maximum atomic E-state index is 3.50. The molecule has 1 unspecified atom stereocenters. The molecule has 0 aromatic heterocycles. The number of nitrogens with zero attached hydrogens (tertiary/aromatic N) is 1. The van der Waals surface area contributed by atoms with Gasteiger partial charge in [-0.15, -0.1) is 0 Å². The van der Waals surface area contributed by atoms with Crippen LogP contribution in [0.25, 0.3) is 0 Å². The highest BCUT2D eigenvalue weighted by molar-refractivity contribution is 9.10. The lowest BCUT2D eigenvalue weighted by molar-refractivity contribution is 0.234. The molecule has 0 N–H and O–H groups in total. The van der Waals surface area contributed by atoms with Crippen molar-refractivity contribution < 1.29 is 0 Å². The number of benzene rings is 1. The highest BCUT2D eigenvalue weighted by atomic mass is 79.9. The predicted octanol–water partition coefficient (Wildman–Crippen LogP) is 3.85. The maximum Gasteiger partial charge on any atom is 0.0320 e. The minimum Gasteiger partial charge on any atom is -0.297 e. The molecule has 0 amide bonds. The van der Waals surface area contributed by atoms with Gasteiger partial charge in [0.2, 0.25) is 0 Å². The quantitative estimate of drug-likeness (QED) is 0.790. The molecule has 0 fully saturated rings. The van der Waals surface area contributed by atoms with Crippen molar-refractivity contribution in [2.24, 2.45) is 0 Å². The van der Waals surface area contributed by atoms with Crippen LogP contribution in [0.3, 0.4) is 0 Å². The monoisotopic (exact) mass is 255 g/mol. The lowest BCUT2D eigenvalue weighted by atomic mass is 10.1. The molecule has 0 radical (unpaired) electrons. The van der Waals surface area contributed by atoms with E-state index in [-0.39, 0.29) is 0 Å². The molecule has 0 aliphatic rings. The van der Waals surface area contributed by atoms with E-state index in [1.165, 1.54) is 5.56 Å². The zero-order valence-corrected chi connectivity index (χ0v) is 10.7. The van der Waals surface area contributed by atoms with Gasteiger partial charge in [0, 0.05) is 10.5 Å². The number of halogens is 1. The van der Waals surface area contributed by atoms with Crippen LogP contribution in [0.2, 0.25) is 0 Å². The molecule has 1 aromatic carbocycles. The van der Waals surface area contributed by atoms with E-state index in [4.69, 9.17) is 0 Å². The third kappa shape index (κ3) is 2.82. The summed E-state index contributed by atoms with van der Waals surface area (Å²) in [5.74, 6) is 0. The van der Waals surface area contributed by atoms with Crippen molar-refractivity contribution in [1.82, 2.24) is 4.90 Å². The molecule has 1 rings (SSSR count). The predicted molar refractivity (Wildman–Crippen MR) is 65.5 cm³/mol. The van der Waals surface area contributed by atoms with Crippen molar-refractivity contribution in [3.63, 3.8) is 0 Å². The van der Waals surface area contributed by atoms with E-state index in [0.717, 1.165) is 17.6 Å². The van der Waals surface area contributed by atoms with Crippen LogP contribution >= 0.6 is 15.9 Å². The van der Waals surface area contributed by atoms with E-state index in [2.05, 4.69) is 65.9 Å². The van der Waals surface area contributed by atoms with Crippen molar-refractivity contribution in [3.05, 3.63) is 34.3 Å². The van der Waals surface area contributed by atoms with Gasteiger partial charge in [0.1, 0.15) is 0 Å². The Bertz CT molecular complexity index is 281. The van der Waals surface area contributed by atoms with Crippen molar-refractivity contribution in [3.8, 4) is 0 Å². The molecule has 0 bridgehead atoms. The molecule has 0 saturated heterocycles. The molecule has 78 valence electrons. The Kier molecular flexibility index (Phi) is 4.63. The van der Waals surface area contributed by atoms with Crippen LogP contribution < -0.4 is 0 Å². The molecule has 1 aromatic rings. The summed E-state index contributed by atoms with van der Waals surface area (Å²) in [5, 5.41) is 0. The Morgan fingerprint density at radius 1 is 1.29 bits per heavy atom. The minimum absolute atomic E-state index is 0.502. The normalized spacial score (nSPS) is 13.2. The second kappa shape index (κ2) is 5.52. The first kappa shape index (κ1) is 11.7. The van der Waals surface area contributed by atoms with Gasteiger partial charge >= 0.3 is 0 Å². The number of rotatable bonds is 4. The SMILES string of the molecule is CCN(CC)C(C)c1cccc(Br)c1. The second-order valence-electron chi connectivity index (χ2n) is 3.45. The zero-order valence-electron chi connectivity index (χ0n) is 9.13. The summed E-state index contributed by atoms with van der Waals surface area (Å²) in [6, 6.07) is 9.05. The van der Waals surface area contributed by atoms with Crippen molar-refractivity contribution in [2.75, 3.05) is 13.1 Å². The van der Waals surface area contributed by atoms with Crippen LogP contribution in [0.15, 0.2) is 28.7 Å². The van der Waals surface area contributed by atoms with Crippen LogP contribution in [0.4, 0.5) is 0 Å². The van der Waals surface area contributed by atoms with Crippen molar-refractivity contribution in [2.45, 2.75) is 26.8 Å². The van der Waals surface area contributed by atoms with Crippen LogP contribution in [-0.4, -0.2) is 18.0 Å². The summed E-state index contributed by atoms with van der Waals surface area (Å²) in [7, 11) is 0. The highest BCUT2D eigenvalue weighted by Crippen LogP contribution is 2.22. The largest absolute Gasteiger partial charge is 0.297 e. The Morgan fingerprint density at radius 2 is 1.93 bits per heavy atom. The van der Waals surface area contributed by atoms with Gasteiger partial charge in [-0.3, -0.25) is 4.90 Å². The molecule has 0 heterocycles. The first-order valence-electron chi connectivity index (χ1n) is 5.18. The van der Waals surface area contributed by atoms with Crippen LogP contribution in [-0.2, 0) is 0 Å². The van der Waals surface area contributed by atoms with Gasteiger partial charge in [-0.05, 0) is 37.7 Å². The highest BCUT2D eigenvalue weighted by Gasteiger charge is 2.11. The standard InChI is InChI=1S/C12H18BrN/c1-4-14(5-2)10(3)11-7-6-8-12(13)9-11/h6-10H,4-5H2,1-3H3. The van der Waals surface area contributed by atoms with E-state index in [1.807, 2.05) is 0 Å². The fourth-order valence-corrected chi connectivity index (χ4v) is 2.17. The van der Waals surface area contributed by atoms with Crippen LogP contribution in [0.1, 0.15) is 32.4 Å². The third-order valence-electron chi connectivity index (χ3n) is 2.69. The molecule has 0 spiro atoms. The molecule has 0 saturated carbocycles.